The number of benzene rings is 2. The average molecular weight is 330 g/mol. The molecule has 0 saturated heterocycles. The summed E-state index contributed by atoms with van der Waals surface area (Å²) in [5.74, 6) is -0.471. The number of hydrogen-bond donors (Lipinski definition) is 1. The van der Waals surface area contributed by atoms with Crippen molar-refractivity contribution in [3.05, 3.63) is 70.8 Å². The van der Waals surface area contributed by atoms with Gasteiger partial charge in [0, 0.05) is 23.7 Å². The van der Waals surface area contributed by atoms with Gasteiger partial charge in [0.15, 0.2) is 0 Å². The summed E-state index contributed by atoms with van der Waals surface area (Å²) in [5.41, 5.74) is 1.89. The molecule has 0 bridgehead atoms. The van der Waals surface area contributed by atoms with Gasteiger partial charge in [-0.3, -0.25) is 4.79 Å². The van der Waals surface area contributed by atoms with Crippen LogP contribution in [0.3, 0.4) is 0 Å². The Balaban J connectivity index is 2.15. The molecule has 23 heavy (non-hydrogen) atoms. The molecule has 0 saturated carbocycles. The van der Waals surface area contributed by atoms with Gasteiger partial charge in [0.25, 0.3) is 5.91 Å². The van der Waals surface area contributed by atoms with Crippen LogP contribution < -0.4 is 10.1 Å². The van der Waals surface area contributed by atoms with Crippen LogP contribution in [-0.2, 0) is 4.79 Å². The van der Waals surface area contributed by atoms with Gasteiger partial charge in [-0.05, 0) is 42.3 Å². The van der Waals surface area contributed by atoms with E-state index in [0.29, 0.717) is 21.9 Å². The molecule has 0 radical (unpaired) electrons. The molecule has 0 aromatic heterocycles. The zero-order valence-corrected chi connectivity index (χ0v) is 13.6. The first-order chi connectivity index (χ1) is 11.0. The fraction of sp³-hybridized carbons (Fsp3) is 0.111. The molecule has 1 N–H and O–H groups in total. The molecular weight excluding hydrogens is 314 g/mol. The van der Waals surface area contributed by atoms with Crippen LogP contribution in [0.25, 0.3) is 5.57 Å². The van der Waals surface area contributed by atoms with Gasteiger partial charge in [0.05, 0.1) is 0 Å². The second-order valence-corrected chi connectivity index (χ2v) is 5.24. The SMILES string of the molecule is CNC(=O)c1cccc(OC(=O)/C=C(/C)c2ccccc2Cl)c1. The number of allylic oxidation sites excluding steroid dienone is 1. The molecule has 0 atom stereocenters. The van der Waals surface area contributed by atoms with Crippen LogP contribution in [0, 0.1) is 0 Å². The van der Waals surface area contributed by atoms with Gasteiger partial charge in [0.2, 0.25) is 0 Å². The standard InChI is InChI=1S/C18H16ClNO3/c1-12(15-8-3-4-9-16(15)19)10-17(21)23-14-7-5-6-13(11-14)18(22)20-2/h3-11H,1-2H3,(H,20,22)/b12-10-. The average Bonchev–Trinajstić information content (AvgIpc) is 2.54. The van der Waals surface area contributed by atoms with E-state index in [1.807, 2.05) is 18.2 Å². The number of nitrogens with one attached hydrogen (secondary N) is 1. The highest BCUT2D eigenvalue weighted by atomic mass is 35.5. The van der Waals surface area contributed by atoms with Crippen LogP contribution in [-0.4, -0.2) is 18.9 Å². The first-order valence-corrected chi connectivity index (χ1v) is 7.36. The molecule has 1 amide bonds. The van der Waals surface area contributed by atoms with Gasteiger partial charge >= 0.3 is 5.97 Å². The summed E-state index contributed by atoms with van der Waals surface area (Å²) in [6.07, 6.45) is 1.37. The summed E-state index contributed by atoms with van der Waals surface area (Å²) in [5, 5.41) is 3.08. The summed E-state index contributed by atoms with van der Waals surface area (Å²) >= 11 is 6.10. The Labute approximate surface area is 139 Å². The third kappa shape index (κ3) is 4.44. The highest BCUT2D eigenvalue weighted by Crippen LogP contribution is 2.23. The van der Waals surface area contributed by atoms with Crippen molar-refractivity contribution in [3.63, 3.8) is 0 Å². The van der Waals surface area contributed by atoms with Crippen LogP contribution in [0.4, 0.5) is 0 Å². The minimum Gasteiger partial charge on any atom is -0.423 e. The van der Waals surface area contributed by atoms with Crippen molar-refractivity contribution in [3.8, 4) is 5.75 Å². The maximum Gasteiger partial charge on any atom is 0.336 e. The predicted octanol–water partition coefficient (Wildman–Crippen LogP) is 3.71. The second-order valence-electron chi connectivity index (χ2n) is 4.84. The maximum atomic E-state index is 12.0. The molecule has 2 aromatic carbocycles. The Hall–Kier alpha value is -2.59. The van der Waals surface area contributed by atoms with Gasteiger partial charge in [-0.2, -0.15) is 0 Å². The lowest BCUT2D eigenvalue weighted by Gasteiger charge is -2.06. The van der Waals surface area contributed by atoms with Crippen molar-refractivity contribution in [2.45, 2.75) is 6.92 Å². The predicted molar refractivity (Wildman–Crippen MR) is 90.6 cm³/mol. The Bertz CT molecular complexity index is 768. The van der Waals surface area contributed by atoms with E-state index in [0.717, 1.165) is 5.56 Å². The van der Waals surface area contributed by atoms with E-state index in [4.69, 9.17) is 16.3 Å². The smallest absolute Gasteiger partial charge is 0.336 e. The monoisotopic (exact) mass is 329 g/mol. The molecule has 2 rings (SSSR count). The van der Waals surface area contributed by atoms with Gasteiger partial charge in [-0.15, -0.1) is 0 Å². The number of esters is 1. The fourth-order valence-corrected chi connectivity index (χ4v) is 2.31. The van der Waals surface area contributed by atoms with Crippen LogP contribution in [0.1, 0.15) is 22.8 Å². The number of ether oxygens (including phenoxy) is 1. The summed E-state index contributed by atoms with van der Waals surface area (Å²) in [7, 11) is 1.54. The zero-order chi connectivity index (χ0) is 16.8. The van der Waals surface area contributed by atoms with Crippen molar-refractivity contribution in [2.24, 2.45) is 0 Å². The lowest BCUT2D eigenvalue weighted by atomic mass is 10.1. The van der Waals surface area contributed by atoms with Crippen molar-refractivity contribution < 1.29 is 14.3 Å². The van der Waals surface area contributed by atoms with Gasteiger partial charge < -0.3 is 10.1 Å². The van der Waals surface area contributed by atoms with Crippen molar-refractivity contribution >= 4 is 29.1 Å². The molecule has 4 nitrogen and oxygen atoms in total. The molecule has 0 aliphatic rings. The first-order valence-electron chi connectivity index (χ1n) is 6.98. The van der Waals surface area contributed by atoms with E-state index in [1.165, 1.54) is 19.2 Å². The molecule has 118 valence electrons. The molecule has 0 spiro atoms. The number of amides is 1. The Morgan fingerprint density at radius 1 is 1.13 bits per heavy atom. The number of halogens is 1. The lowest BCUT2D eigenvalue weighted by molar-refractivity contribution is -0.128. The van der Waals surface area contributed by atoms with Crippen LogP contribution in [0.15, 0.2) is 54.6 Å². The van der Waals surface area contributed by atoms with Crippen molar-refractivity contribution in [1.82, 2.24) is 5.32 Å². The van der Waals surface area contributed by atoms with Gasteiger partial charge in [-0.1, -0.05) is 35.9 Å². The fourth-order valence-electron chi connectivity index (χ4n) is 2.03. The van der Waals surface area contributed by atoms with E-state index in [2.05, 4.69) is 5.32 Å². The number of carbonyl (C=O) groups is 2. The summed E-state index contributed by atoms with van der Waals surface area (Å²) in [6.45, 7) is 1.78. The number of hydrogen-bond acceptors (Lipinski definition) is 3. The molecule has 0 heterocycles. The van der Waals surface area contributed by atoms with E-state index in [9.17, 15) is 9.59 Å². The van der Waals surface area contributed by atoms with Crippen LogP contribution >= 0.6 is 11.6 Å². The first kappa shape index (κ1) is 16.8. The second kappa shape index (κ2) is 7.61. The normalized spacial score (nSPS) is 11.0. The highest BCUT2D eigenvalue weighted by molar-refractivity contribution is 6.32. The third-order valence-corrected chi connectivity index (χ3v) is 3.50. The largest absolute Gasteiger partial charge is 0.423 e. The zero-order valence-electron chi connectivity index (χ0n) is 12.8. The molecule has 2 aromatic rings. The van der Waals surface area contributed by atoms with Crippen molar-refractivity contribution in [1.29, 1.82) is 0 Å². The molecule has 0 unspecified atom stereocenters. The molecule has 0 aliphatic heterocycles. The van der Waals surface area contributed by atoms with E-state index in [-0.39, 0.29) is 5.91 Å². The van der Waals surface area contributed by atoms with Crippen LogP contribution in [0.2, 0.25) is 5.02 Å². The Kier molecular flexibility index (Phi) is 5.55. The van der Waals surface area contributed by atoms with E-state index >= 15 is 0 Å². The summed E-state index contributed by atoms with van der Waals surface area (Å²) < 4.78 is 5.24. The molecule has 0 aliphatic carbocycles. The van der Waals surface area contributed by atoms with Gasteiger partial charge in [0.1, 0.15) is 5.75 Å². The number of rotatable bonds is 4. The molecule has 5 heteroatoms. The Morgan fingerprint density at radius 2 is 1.87 bits per heavy atom. The Morgan fingerprint density at radius 3 is 2.57 bits per heavy atom. The lowest BCUT2D eigenvalue weighted by Crippen LogP contribution is -2.17. The minimum absolute atomic E-state index is 0.245. The van der Waals surface area contributed by atoms with E-state index < -0.39 is 5.97 Å². The summed E-state index contributed by atoms with van der Waals surface area (Å²) in [6, 6.07) is 13.7. The topological polar surface area (TPSA) is 55.4 Å². The summed E-state index contributed by atoms with van der Waals surface area (Å²) in [4.78, 5) is 23.6. The van der Waals surface area contributed by atoms with E-state index in [1.54, 1.807) is 31.2 Å². The minimum atomic E-state index is -0.531. The molecular formula is C18H16ClNO3. The number of carbonyl (C=O) groups excluding carboxylic acids is 2. The third-order valence-electron chi connectivity index (χ3n) is 3.17. The quantitative estimate of drug-likeness (QED) is 0.528. The molecule has 0 fully saturated rings. The van der Waals surface area contributed by atoms with Crippen LogP contribution in [0.5, 0.6) is 5.75 Å². The van der Waals surface area contributed by atoms with Gasteiger partial charge in [-0.25, -0.2) is 4.79 Å². The maximum absolute atomic E-state index is 12.0. The highest BCUT2D eigenvalue weighted by Gasteiger charge is 2.08. The van der Waals surface area contributed by atoms with Crippen molar-refractivity contribution in [2.75, 3.05) is 7.05 Å².